The molecule has 0 aliphatic heterocycles. The molecule has 0 saturated carbocycles. The van der Waals surface area contributed by atoms with Crippen LogP contribution < -0.4 is 15.4 Å². The summed E-state index contributed by atoms with van der Waals surface area (Å²) in [5.41, 5.74) is 1.44. The number of methoxy groups -OCH3 is 1. The van der Waals surface area contributed by atoms with Gasteiger partial charge in [-0.1, -0.05) is 26.0 Å². The summed E-state index contributed by atoms with van der Waals surface area (Å²) in [6.07, 6.45) is 2.53. The van der Waals surface area contributed by atoms with E-state index in [-0.39, 0.29) is 5.91 Å². The second kappa shape index (κ2) is 8.86. The number of benzene rings is 1. The van der Waals surface area contributed by atoms with E-state index in [9.17, 15) is 4.79 Å². The van der Waals surface area contributed by atoms with E-state index in [1.807, 2.05) is 24.3 Å². The quantitative estimate of drug-likeness (QED) is 0.779. The predicted molar refractivity (Wildman–Crippen MR) is 94.1 cm³/mol. The summed E-state index contributed by atoms with van der Waals surface area (Å²) in [5, 5.41) is 6.00. The van der Waals surface area contributed by atoms with Crippen molar-refractivity contribution in [1.82, 2.24) is 15.3 Å². The molecule has 1 heterocycles. The van der Waals surface area contributed by atoms with Gasteiger partial charge in [0.05, 0.1) is 7.11 Å². The van der Waals surface area contributed by atoms with E-state index in [1.54, 1.807) is 19.4 Å². The molecule has 2 rings (SSSR count). The number of aromatic nitrogens is 2. The fourth-order valence-electron chi connectivity index (χ4n) is 2.06. The maximum atomic E-state index is 12.1. The van der Waals surface area contributed by atoms with E-state index in [0.717, 1.165) is 17.7 Å². The van der Waals surface area contributed by atoms with E-state index >= 15 is 0 Å². The monoisotopic (exact) mass is 328 g/mol. The van der Waals surface area contributed by atoms with Crippen molar-refractivity contribution in [3.63, 3.8) is 0 Å². The van der Waals surface area contributed by atoms with Gasteiger partial charge in [-0.2, -0.15) is 0 Å². The lowest BCUT2D eigenvalue weighted by Gasteiger charge is -2.09. The van der Waals surface area contributed by atoms with Crippen LogP contribution in [0.15, 0.2) is 36.5 Å². The van der Waals surface area contributed by atoms with Crippen molar-refractivity contribution < 1.29 is 9.53 Å². The van der Waals surface area contributed by atoms with E-state index in [2.05, 4.69) is 34.4 Å². The molecule has 0 aliphatic rings. The number of nitrogens with one attached hydrogen (secondary N) is 2. The molecule has 1 aromatic carbocycles. The lowest BCUT2D eigenvalue weighted by molar-refractivity contribution is 0.0947. The molecule has 0 aliphatic carbocycles. The molecular formula is C18H24N4O2. The molecule has 0 radical (unpaired) electrons. The fraction of sp³-hybridized carbons (Fsp3) is 0.389. The summed E-state index contributed by atoms with van der Waals surface area (Å²) in [7, 11) is 1.64. The summed E-state index contributed by atoms with van der Waals surface area (Å²) in [6, 6.07) is 9.35. The Labute approximate surface area is 142 Å². The lowest BCUT2D eigenvalue weighted by Crippen LogP contribution is -2.26. The maximum absolute atomic E-state index is 12.1. The minimum Gasteiger partial charge on any atom is -0.497 e. The number of amides is 1. The van der Waals surface area contributed by atoms with Crippen LogP contribution in [-0.4, -0.2) is 29.5 Å². The Bertz CT molecular complexity index is 656. The van der Waals surface area contributed by atoms with Crippen LogP contribution in [0.1, 0.15) is 36.3 Å². The molecule has 6 nitrogen and oxygen atoms in total. The lowest BCUT2D eigenvalue weighted by atomic mass is 10.1. The molecule has 128 valence electrons. The zero-order valence-electron chi connectivity index (χ0n) is 14.4. The summed E-state index contributed by atoms with van der Waals surface area (Å²) in [4.78, 5) is 20.5. The predicted octanol–water partition coefficient (Wildman–Crippen LogP) is 2.87. The zero-order valence-corrected chi connectivity index (χ0v) is 14.4. The van der Waals surface area contributed by atoms with Crippen LogP contribution in [0, 0.1) is 5.92 Å². The van der Waals surface area contributed by atoms with Gasteiger partial charge in [-0.3, -0.25) is 4.79 Å². The van der Waals surface area contributed by atoms with Crippen LogP contribution in [0.5, 0.6) is 5.75 Å². The number of ether oxygens (including phenoxy) is 1. The number of hydrogen-bond donors (Lipinski definition) is 2. The molecule has 0 atom stereocenters. The first kappa shape index (κ1) is 17.7. The maximum Gasteiger partial charge on any atom is 0.270 e. The van der Waals surface area contributed by atoms with E-state index in [0.29, 0.717) is 30.6 Å². The first-order valence-electron chi connectivity index (χ1n) is 8.06. The molecule has 1 amide bonds. The van der Waals surface area contributed by atoms with Crippen LogP contribution in [-0.2, 0) is 6.54 Å². The van der Waals surface area contributed by atoms with Crippen molar-refractivity contribution in [2.24, 2.45) is 5.92 Å². The largest absolute Gasteiger partial charge is 0.497 e. The molecule has 0 saturated heterocycles. The smallest absolute Gasteiger partial charge is 0.270 e. The second-order valence-corrected chi connectivity index (χ2v) is 5.91. The normalized spacial score (nSPS) is 10.5. The number of anilines is 1. The Kier molecular flexibility index (Phi) is 6.54. The molecule has 2 N–H and O–H groups in total. The molecule has 0 fully saturated rings. The third-order valence-corrected chi connectivity index (χ3v) is 3.51. The zero-order chi connectivity index (χ0) is 17.4. The van der Waals surface area contributed by atoms with Crippen LogP contribution in [0.2, 0.25) is 0 Å². The third-order valence-electron chi connectivity index (χ3n) is 3.51. The average molecular weight is 328 g/mol. The van der Waals surface area contributed by atoms with Gasteiger partial charge < -0.3 is 15.4 Å². The summed E-state index contributed by atoms with van der Waals surface area (Å²) >= 11 is 0. The van der Waals surface area contributed by atoms with Crippen molar-refractivity contribution in [2.75, 3.05) is 19.0 Å². The van der Waals surface area contributed by atoms with Gasteiger partial charge >= 0.3 is 0 Å². The third kappa shape index (κ3) is 5.53. The topological polar surface area (TPSA) is 76.1 Å². The molecule has 0 unspecified atom stereocenters. The Morgan fingerprint density at radius 2 is 1.96 bits per heavy atom. The van der Waals surface area contributed by atoms with Gasteiger partial charge in [0.15, 0.2) is 0 Å². The van der Waals surface area contributed by atoms with Gasteiger partial charge in [0.2, 0.25) is 5.95 Å². The molecule has 1 aromatic heterocycles. The Morgan fingerprint density at radius 1 is 1.21 bits per heavy atom. The SMILES string of the molecule is COc1ccc(CNc2nccc(C(=O)NCCC(C)C)n2)cc1. The number of carbonyl (C=O) groups excluding carboxylic acids is 1. The van der Waals surface area contributed by atoms with Crippen molar-refractivity contribution in [1.29, 1.82) is 0 Å². The standard InChI is InChI=1S/C18H24N4O2/c1-13(2)8-10-19-17(23)16-9-11-20-18(22-16)21-12-14-4-6-15(24-3)7-5-14/h4-7,9,11,13H,8,10,12H2,1-3H3,(H,19,23)(H,20,21,22). The van der Waals surface area contributed by atoms with Crippen molar-refractivity contribution in [3.8, 4) is 5.75 Å². The van der Waals surface area contributed by atoms with Crippen LogP contribution in [0.25, 0.3) is 0 Å². The molecular weight excluding hydrogens is 304 g/mol. The highest BCUT2D eigenvalue weighted by Gasteiger charge is 2.08. The highest BCUT2D eigenvalue weighted by Crippen LogP contribution is 2.12. The Balaban J connectivity index is 1.90. The summed E-state index contributed by atoms with van der Waals surface area (Å²) < 4.78 is 5.13. The Morgan fingerprint density at radius 3 is 2.62 bits per heavy atom. The van der Waals surface area contributed by atoms with Crippen molar-refractivity contribution in [3.05, 3.63) is 47.8 Å². The number of carbonyl (C=O) groups is 1. The highest BCUT2D eigenvalue weighted by atomic mass is 16.5. The van der Waals surface area contributed by atoms with Crippen LogP contribution in [0.3, 0.4) is 0 Å². The highest BCUT2D eigenvalue weighted by molar-refractivity contribution is 5.92. The van der Waals surface area contributed by atoms with E-state index in [4.69, 9.17) is 4.74 Å². The number of rotatable bonds is 8. The summed E-state index contributed by atoms with van der Waals surface area (Å²) in [6.45, 7) is 5.47. The van der Waals surface area contributed by atoms with Crippen molar-refractivity contribution in [2.45, 2.75) is 26.8 Å². The van der Waals surface area contributed by atoms with Crippen molar-refractivity contribution >= 4 is 11.9 Å². The Hall–Kier alpha value is -2.63. The molecule has 24 heavy (non-hydrogen) atoms. The van der Waals surface area contributed by atoms with Gasteiger partial charge in [-0.15, -0.1) is 0 Å². The minimum atomic E-state index is -0.175. The van der Waals surface area contributed by atoms with Gasteiger partial charge in [-0.25, -0.2) is 9.97 Å². The van der Waals surface area contributed by atoms with E-state index < -0.39 is 0 Å². The van der Waals surface area contributed by atoms with Gasteiger partial charge in [-0.05, 0) is 36.1 Å². The number of hydrogen-bond acceptors (Lipinski definition) is 5. The second-order valence-electron chi connectivity index (χ2n) is 5.91. The molecule has 0 bridgehead atoms. The van der Waals surface area contributed by atoms with E-state index in [1.165, 1.54) is 0 Å². The van der Waals surface area contributed by atoms with Gasteiger partial charge in [0, 0.05) is 19.3 Å². The number of nitrogens with zero attached hydrogens (tertiary/aromatic N) is 2. The average Bonchev–Trinajstić information content (AvgIpc) is 2.60. The van der Waals surface area contributed by atoms with Gasteiger partial charge in [0.1, 0.15) is 11.4 Å². The molecule has 0 spiro atoms. The minimum absolute atomic E-state index is 0.175. The first-order valence-corrected chi connectivity index (χ1v) is 8.06. The molecule has 2 aromatic rings. The first-order chi connectivity index (χ1) is 11.6. The summed E-state index contributed by atoms with van der Waals surface area (Å²) in [5.74, 6) is 1.63. The van der Waals surface area contributed by atoms with Crippen LogP contribution >= 0.6 is 0 Å². The fourth-order valence-corrected chi connectivity index (χ4v) is 2.06. The van der Waals surface area contributed by atoms with Gasteiger partial charge in [0.25, 0.3) is 5.91 Å². The van der Waals surface area contributed by atoms with Crippen LogP contribution in [0.4, 0.5) is 5.95 Å². The molecule has 6 heteroatoms.